The van der Waals surface area contributed by atoms with Gasteiger partial charge in [0.1, 0.15) is 11.6 Å². The van der Waals surface area contributed by atoms with Crippen molar-refractivity contribution in [2.24, 2.45) is 0 Å². The first kappa shape index (κ1) is 12.7. The van der Waals surface area contributed by atoms with Crippen LogP contribution in [-0.4, -0.2) is 5.11 Å². The molecular weight excluding hydrogens is 253 g/mol. The molecule has 0 spiro atoms. The van der Waals surface area contributed by atoms with E-state index >= 15 is 0 Å². The van der Waals surface area contributed by atoms with Gasteiger partial charge in [-0.25, -0.2) is 4.39 Å². The zero-order valence-electron chi connectivity index (χ0n) is 9.87. The molecule has 2 rings (SSSR count). The van der Waals surface area contributed by atoms with E-state index in [1.807, 2.05) is 6.92 Å². The van der Waals surface area contributed by atoms with Crippen LogP contribution in [0.5, 0.6) is 5.75 Å². The lowest BCUT2D eigenvalue weighted by atomic mass is 10.1. The van der Waals surface area contributed by atoms with Crippen molar-refractivity contribution in [3.63, 3.8) is 0 Å². The summed E-state index contributed by atoms with van der Waals surface area (Å²) in [4.78, 5) is 0. The Hall–Kier alpha value is -1.74. The third-order valence-electron chi connectivity index (χ3n) is 2.63. The molecule has 2 aromatic rings. The predicted molar refractivity (Wildman–Crippen MR) is 71.6 cm³/mol. The molecule has 94 valence electrons. The van der Waals surface area contributed by atoms with Gasteiger partial charge >= 0.3 is 0 Å². The molecule has 0 aliphatic rings. The smallest absolute Gasteiger partial charge is 0.134 e. The summed E-state index contributed by atoms with van der Waals surface area (Å²) in [5, 5.41) is 12.6. The van der Waals surface area contributed by atoms with Crippen LogP contribution in [0.4, 0.5) is 10.1 Å². The Kier molecular flexibility index (Phi) is 3.72. The number of nitrogens with one attached hydrogen (secondary N) is 1. The van der Waals surface area contributed by atoms with Crippen LogP contribution >= 0.6 is 11.6 Å². The van der Waals surface area contributed by atoms with E-state index in [9.17, 15) is 9.50 Å². The molecule has 2 N–H and O–H groups in total. The van der Waals surface area contributed by atoms with Crippen molar-refractivity contribution in [3.05, 3.63) is 58.4 Å². The van der Waals surface area contributed by atoms with Gasteiger partial charge in [-0.3, -0.25) is 0 Å². The van der Waals surface area contributed by atoms with Crippen LogP contribution in [0.3, 0.4) is 0 Å². The van der Waals surface area contributed by atoms with Crippen molar-refractivity contribution in [1.29, 1.82) is 0 Å². The average Bonchev–Trinajstić information content (AvgIpc) is 2.34. The lowest BCUT2D eigenvalue weighted by Crippen LogP contribution is -2.02. The monoisotopic (exact) mass is 265 g/mol. The number of anilines is 1. The minimum absolute atomic E-state index is 0.0314. The molecule has 0 aliphatic heterocycles. The molecule has 18 heavy (non-hydrogen) atoms. The van der Waals surface area contributed by atoms with E-state index < -0.39 is 0 Å². The molecule has 0 aromatic heterocycles. The molecule has 0 heterocycles. The Morgan fingerprint density at radius 1 is 1.22 bits per heavy atom. The molecule has 0 aliphatic carbocycles. The van der Waals surface area contributed by atoms with Crippen molar-refractivity contribution in [1.82, 2.24) is 0 Å². The number of phenols is 1. The molecule has 0 amide bonds. The normalized spacial score (nSPS) is 10.4. The molecule has 0 atom stereocenters. The summed E-state index contributed by atoms with van der Waals surface area (Å²) in [6.07, 6.45) is 0. The molecule has 4 heteroatoms. The van der Waals surface area contributed by atoms with Crippen LogP contribution in [0.1, 0.15) is 11.1 Å². The Balaban J connectivity index is 2.11. The van der Waals surface area contributed by atoms with E-state index in [1.165, 1.54) is 12.1 Å². The first-order valence-corrected chi connectivity index (χ1v) is 5.91. The lowest BCUT2D eigenvalue weighted by Gasteiger charge is -2.09. The van der Waals surface area contributed by atoms with Gasteiger partial charge in [0.25, 0.3) is 0 Å². The second kappa shape index (κ2) is 5.27. The van der Waals surface area contributed by atoms with Crippen molar-refractivity contribution in [3.8, 4) is 5.75 Å². The Labute approximate surface area is 110 Å². The van der Waals surface area contributed by atoms with E-state index in [-0.39, 0.29) is 16.6 Å². The highest BCUT2D eigenvalue weighted by atomic mass is 35.5. The van der Waals surface area contributed by atoms with Gasteiger partial charge in [0.05, 0.1) is 5.02 Å². The van der Waals surface area contributed by atoms with Gasteiger partial charge in [-0.1, -0.05) is 29.3 Å². The van der Waals surface area contributed by atoms with Gasteiger partial charge in [-0.15, -0.1) is 0 Å². The minimum Gasteiger partial charge on any atom is -0.506 e. The molecule has 0 bridgehead atoms. The first-order chi connectivity index (χ1) is 8.56. The summed E-state index contributed by atoms with van der Waals surface area (Å²) in [5.41, 5.74) is 2.34. The molecular formula is C14H13ClFNO. The number of aryl methyl sites for hydroxylation is 1. The summed E-state index contributed by atoms with van der Waals surface area (Å²) in [7, 11) is 0. The second-order valence-electron chi connectivity index (χ2n) is 4.11. The number of hydrogen-bond acceptors (Lipinski definition) is 2. The summed E-state index contributed by atoms with van der Waals surface area (Å²) in [6.45, 7) is 2.29. The quantitative estimate of drug-likeness (QED) is 0.819. The molecule has 0 saturated heterocycles. The van der Waals surface area contributed by atoms with E-state index in [0.717, 1.165) is 11.3 Å². The Bertz CT molecular complexity index is 572. The van der Waals surface area contributed by atoms with Crippen molar-refractivity contribution >= 4 is 17.3 Å². The highest BCUT2D eigenvalue weighted by molar-refractivity contribution is 6.32. The maximum atomic E-state index is 13.5. The lowest BCUT2D eigenvalue weighted by molar-refractivity contribution is 0.475. The molecule has 2 aromatic carbocycles. The van der Waals surface area contributed by atoms with Crippen LogP contribution < -0.4 is 5.32 Å². The van der Waals surface area contributed by atoms with E-state index in [0.29, 0.717) is 12.1 Å². The van der Waals surface area contributed by atoms with Gasteiger partial charge in [-0.2, -0.15) is 0 Å². The molecule has 0 saturated carbocycles. The topological polar surface area (TPSA) is 32.3 Å². The number of rotatable bonds is 3. The number of aromatic hydroxyl groups is 1. The van der Waals surface area contributed by atoms with Crippen LogP contribution in [0.25, 0.3) is 0 Å². The van der Waals surface area contributed by atoms with Crippen molar-refractivity contribution in [2.75, 3.05) is 5.32 Å². The van der Waals surface area contributed by atoms with Crippen LogP contribution in [0.2, 0.25) is 5.02 Å². The number of benzene rings is 2. The molecule has 0 fully saturated rings. The fourth-order valence-electron chi connectivity index (χ4n) is 1.65. The van der Waals surface area contributed by atoms with Gasteiger partial charge in [0, 0.05) is 17.8 Å². The molecule has 0 radical (unpaired) electrons. The summed E-state index contributed by atoms with van der Waals surface area (Å²) < 4.78 is 13.5. The van der Waals surface area contributed by atoms with Crippen molar-refractivity contribution in [2.45, 2.75) is 13.5 Å². The Morgan fingerprint density at radius 3 is 2.72 bits per heavy atom. The fourth-order valence-corrected chi connectivity index (χ4v) is 1.83. The fraction of sp³-hybridized carbons (Fsp3) is 0.143. The highest BCUT2D eigenvalue weighted by Crippen LogP contribution is 2.26. The van der Waals surface area contributed by atoms with Gasteiger partial charge in [-0.05, 0) is 31.2 Å². The van der Waals surface area contributed by atoms with Gasteiger partial charge < -0.3 is 10.4 Å². The maximum Gasteiger partial charge on any atom is 0.134 e. The number of halogens is 2. The largest absolute Gasteiger partial charge is 0.506 e. The third kappa shape index (κ3) is 2.93. The van der Waals surface area contributed by atoms with Gasteiger partial charge in [0.15, 0.2) is 0 Å². The second-order valence-corrected chi connectivity index (χ2v) is 4.52. The summed E-state index contributed by atoms with van der Waals surface area (Å²) >= 11 is 5.79. The third-order valence-corrected chi connectivity index (χ3v) is 2.93. The molecule has 2 nitrogen and oxygen atoms in total. The van der Waals surface area contributed by atoms with E-state index in [2.05, 4.69) is 5.32 Å². The summed E-state index contributed by atoms with van der Waals surface area (Å²) in [5.74, 6) is -0.207. The van der Waals surface area contributed by atoms with Gasteiger partial charge in [0.2, 0.25) is 0 Å². The SMILES string of the molecule is Cc1ccc(F)c(CNc2ccc(O)c(Cl)c2)c1. The maximum absolute atomic E-state index is 13.5. The van der Waals surface area contributed by atoms with E-state index in [1.54, 1.807) is 24.3 Å². The standard InChI is InChI=1S/C14H13ClFNO/c1-9-2-4-13(16)10(6-9)8-17-11-3-5-14(18)12(15)7-11/h2-7,17-18H,8H2,1H3. The van der Waals surface area contributed by atoms with Crippen LogP contribution in [0, 0.1) is 12.7 Å². The summed E-state index contributed by atoms with van der Waals surface area (Å²) in [6, 6.07) is 9.77. The minimum atomic E-state index is -0.238. The number of hydrogen-bond donors (Lipinski definition) is 2. The molecule has 0 unspecified atom stereocenters. The first-order valence-electron chi connectivity index (χ1n) is 5.53. The van der Waals surface area contributed by atoms with E-state index in [4.69, 9.17) is 11.6 Å². The van der Waals surface area contributed by atoms with Crippen LogP contribution in [0.15, 0.2) is 36.4 Å². The zero-order valence-corrected chi connectivity index (χ0v) is 10.6. The van der Waals surface area contributed by atoms with Crippen molar-refractivity contribution < 1.29 is 9.50 Å². The average molecular weight is 266 g/mol. The van der Waals surface area contributed by atoms with Crippen LogP contribution in [-0.2, 0) is 6.54 Å². The predicted octanol–water partition coefficient (Wildman–Crippen LogP) is 4.11. The Morgan fingerprint density at radius 2 is 2.00 bits per heavy atom. The number of phenolic OH excluding ortho intramolecular Hbond substituents is 1. The highest BCUT2D eigenvalue weighted by Gasteiger charge is 2.03. The zero-order chi connectivity index (χ0) is 13.1.